The Kier molecular flexibility index (Phi) is 6.42. The number of pyridine rings is 1. The molecule has 154 valence electrons. The maximum atomic E-state index is 12.5. The highest BCUT2D eigenvalue weighted by Crippen LogP contribution is 2.23. The van der Waals surface area contributed by atoms with E-state index < -0.39 is 12.1 Å². The molecule has 3 rings (SSSR count). The highest BCUT2D eigenvalue weighted by atomic mass is 16.6. The number of carbonyl (C=O) groups excluding carboxylic acids is 1. The average Bonchev–Trinajstić information content (AvgIpc) is 3.34. The summed E-state index contributed by atoms with van der Waals surface area (Å²) in [6.45, 7) is 8.56. The van der Waals surface area contributed by atoms with E-state index in [-0.39, 0.29) is 11.5 Å². The molecule has 0 bridgehead atoms. The first-order chi connectivity index (χ1) is 14.4. The van der Waals surface area contributed by atoms with Gasteiger partial charge in [-0.25, -0.2) is 4.79 Å². The van der Waals surface area contributed by atoms with E-state index in [2.05, 4.69) is 26.6 Å². The van der Waals surface area contributed by atoms with Crippen molar-refractivity contribution in [1.29, 1.82) is 5.26 Å². The quantitative estimate of drug-likeness (QED) is 0.330. The van der Waals surface area contributed by atoms with Crippen LogP contribution in [0.2, 0.25) is 0 Å². The lowest BCUT2D eigenvalue weighted by atomic mass is 10.1. The molecule has 0 aromatic carbocycles. The zero-order chi connectivity index (χ0) is 21.7. The van der Waals surface area contributed by atoms with Crippen molar-refractivity contribution in [2.24, 2.45) is 0 Å². The average molecular weight is 405 g/mol. The molecule has 8 heteroatoms. The Bertz CT molecular complexity index is 1110. The fraction of sp³-hybridized carbons (Fsp3) is 0.318. The van der Waals surface area contributed by atoms with Gasteiger partial charge < -0.3 is 13.8 Å². The normalized spacial score (nSPS) is 12.4. The molecule has 3 aromatic heterocycles. The van der Waals surface area contributed by atoms with Crippen molar-refractivity contribution in [2.75, 3.05) is 0 Å². The molecule has 8 nitrogen and oxygen atoms in total. The number of nitriles is 1. The van der Waals surface area contributed by atoms with Crippen molar-refractivity contribution in [1.82, 2.24) is 19.7 Å². The van der Waals surface area contributed by atoms with Crippen LogP contribution in [0.3, 0.4) is 0 Å². The Morgan fingerprint density at radius 3 is 2.90 bits per heavy atom. The summed E-state index contributed by atoms with van der Waals surface area (Å²) in [7, 11) is 0. The highest BCUT2D eigenvalue weighted by molar-refractivity contribution is 5.98. The molecule has 0 radical (unpaired) electrons. The summed E-state index contributed by atoms with van der Waals surface area (Å²) >= 11 is 0. The van der Waals surface area contributed by atoms with E-state index in [1.807, 2.05) is 26.0 Å². The number of hydrogen-bond donors (Lipinski definition) is 0. The first-order valence-electron chi connectivity index (χ1n) is 9.68. The fourth-order valence-electron chi connectivity index (χ4n) is 3.12. The van der Waals surface area contributed by atoms with E-state index in [0.717, 1.165) is 29.9 Å². The van der Waals surface area contributed by atoms with Gasteiger partial charge in [-0.2, -0.15) is 10.2 Å². The van der Waals surface area contributed by atoms with Gasteiger partial charge in [-0.1, -0.05) is 12.1 Å². The number of esters is 1. The third-order valence-electron chi connectivity index (χ3n) is 4.69. The van der Waals surface area contributed by atoms with Gasteiger partial charge in [-0.15, -0.1) is 0 Å². The number of rotatable bonds is 7. The van der Waals surface area contributed by atoms with Gasteiger partial charge in [0.25, 0.3) is 5.89 Å². The van der Waals surface area contributed by atoms with Gasteiger partial charge in [0.15, 0.2) is 6.10 Å². The molecule has 0 aliphatic rings. The molecule has 0 saturated heterocycles. The first kappa shape index (κ1) is 21.0. The summed E-state index contributed by atoms with van der Waals surface area (Å²) in [6.07, 6.45) is 4.99. The molecular weight excluding hydrogens is 382 g/mol. The van der Waals surface area contributed by atoms with Crippen LogP contribution in [0.25, 0.3) is 17.5 Å². The third kappa shape index (κ3) is 4.46. The Labute approximate surface area is 174 Å². The Morgan fingerprint density at radius 1 is 1.43 bits per heavy atom. The SMILES string of the molecule is CCCn1c(C)cc(/C=C(\C#N)C(=O)OC(C)c2nc(-c3cccnc3)no2)c1C. The number of nitrogens with zero attached hydrogens (tertiary/aromatic N) is 5. The zero-order valence-corrected chi connectivity index (χ0v) is 17.4. The largest absolute Gasteiger partial charge is 0.448 e. The van der Waals surface area contributed by atoms with Gasteiger partial charge in [-0.3, -0.25) is 4.98 Å². The van der Waals surface area contributed by atoms with E-state index in [0.29, 0.717) is 11.4 Å². The molecule has 1 unspecified atom stereocenters. The first-order valence-corrected chi connectivity index (χ1v) is 9.68. The number of aromatic nitrogens is 4. The lowest BCUT2D eigenvalue weighted by Crippen LogP contribution is -2.11. The smallest absolute Gasteiger partial charge is 0.349 e. The Balaban J connectivity index is 1.76. The summed E-state index contributed by atoms with van der Waals surface area (Å²) in [5.74, 6) is -0.257. The third-order valence-corrected chi connectivity index (χ3v) is 4.69. The van der Waals surface area contributed by atoms with Crippen LogP contribution in [0.15, 0.2) is 40.7 Å². The Hall–Kier alpha value is -3.73. The molecule has 0 aliphatic carbocycles. The molecule has 30 heavy (non-hydrogen) atoms. The molecule has 0 aliphatic heterocycles. The van der Waals surface area contributed by atoms with Crippen LogP contribution in [0.4, 0.5) is 0 Å². The predicted octanol–water partition coefficient (Wildman–Crippen LogP) is 4.17. The number of carbonyl (C=O) groups is 1. The van der Waals surface area contributed by atoms with E-state index >= 15 is 0 Å². The van der Waals surface area contributed by atoms with Crippen molar-refractivity contribution in [2.45, 2.75) is 46.8 Å². The summed E-state index contributed by atoms with van der Waals surface area (Å²) < 4.78 is 12.8. The van der Waals surface area contributed by atoms with E-state index in [1.54, 1.807) is 37.5 Å². The van der Waals surface area contributed by atoms with Crippen LogP contribution in [-0.2, 0) is 16.1 Å². The summed E-state index contributed by atoms with van der Waals surface area (Å²) in [6, 6.07) is 7.44. The van der Waals surface area contributed by atoms with Crippen molar-refractivity contribution in [3.8, 4) is 17.5 Å². The fourth-order valence-corrected chi connectivity index (χ4v) is 3.12. The minimum atomic E-state index is -0.806. The lowest BCUT2D eigenvalue weighted by molar-refractivity contribution is -0.144. The van der Waals surface area contributed by atoms with Crippen LogP contribution >= 0.6 is 0 Å². The second-order valence-corrected chi connectivity index (χ2v) is 6.89. The van der Waals surface area contributed by atoms with Crippen molar-refractivity contribution in [3.05, 3.63) is 59.0 Å². The number of aryl methyl sites for hydroxylation is 1. The van der Waals surface area contributed by atoms with Gasteiger partial charge in [-0.05, 0) is 57.0 Å². The molecule has 0 N–H and O–H groups in total. The molecule has 0 amide bonds. The molecule has 3 aromatic rings. The standard InChI is InChI=1S/C22H23N5O3/c1-5-9-27-14(2)10-18(15(27)3)11-19(12-23)22(28)29-16(4)21-25-20(26-30-21)17-7-6-8-24-13-17/h6-8,10-11,13,16H,5,9H2,1-4H3/b19-11+. The summed E-state index contributed by atoms with van der Waals surface area (Å²) in [5.41, 5.74) is 3.49. The van der Waals surface area contributed by atoms with Gasteiger partial charge in [0.05, 0.1) is 0 Å². The second-order valence-electron chi connectivity index (χ2n) is 6.89. The van der Waals surface area contributed by atoms with Crippen molar-refractivity contribution < 1.29 is 14.1 Å². The van der Waals surface area contributed by atoms with Crippen molar-refractivity contribution in [3.63, 3.8) is 0 Å². The minimum Gasteiger partial charge on any atom is -0.448 e. The highest BCUT2D eigenvalue weighted by Gasteiger charge is 2.22. The topological polar surface area (TPSA) is 107 Å². The van der Waals surface area contributed by atoms with E-state index in [1.165, 1.54) is 0 Å². The molecular formula is C22H23N5O3. The number of hydrogen-bond acceptors (Lipinski definition) is 7. The zero-order valence-electron chi connectivity index (χ0n) is 17.4. The Morgan fingerprint density at radius 2 is 2.23 bits per heavy atom. The van der Waals surface area contributed by atoms with E-state index in [9.17, 15) is 10.1 Å². The van der Waals surface area contributed by atoms with Crippen LogP contribution < -0.4 is 0 Å². The van der Waals surface area contributed by atoms with Gasteiger partial charge >= 0.3 is 5.97 Å². The van der Waals surface area contributed by atoms with E-state index in [4.69, 9.17) is 9.26 Å². The maximum absolute atomic E-state index is 12.5. The second kappa shape index (κ2) is 9.18. The number of ether oxygens (including phenoxy) is 1. The monoisotopic (exact) mass is 405 g/mol. The molecule has 0 fully saturated rings. The summed E-state index contributed by atoms with van der Waals surface area (Å²) in [5, 5.41) is 13.4. The van der Waals surface area contributed by atoms with Gasteiger partial charge in [0.2, 0.25) is 5.82 Å². The van der Waals surface area contributed by atoms with Crippen LogP contribution in [0.5, 0.6) is 0 Å². The van der Waals surface area contributed by atoms with Crippen LogP contribution in [-0.4, -0.2) is 25.7 Å². The summed E-state index contributed by atoms with van der Waals surface area (Å²) in [4.78, 5) is 20.8. The molecule has 1 atom stereocenters. The van der Waals surface area contributed by atoms with Crippen molar-refractivity contribution >= 4 is 12.0 Å². The molecule has 0 saturated carbocycles. The van der Waals surface area contributed by atoms with Crippen LogP contribution in [0, 0.1) is 25.2 Å². The van der Waals surface area contributed by atoms with Gasteiger partial charge in [0.1, 0.15) is 11.6 Å². The molecule has 3 heterocycles. The minimum absolute atomic E-state index is 0.0920. The lowest BCUT2D eigenvalue weighted by Gasteiger charge is -2.09. The van der Waals surface area contributed by atoms with Crippen LogP contribution in [0.1, 0.15) is 49.2 Å². The maximum Gasteiger partial charge on any atom is 0.349 e. The molecule has 0 spiro atoms. The predicted molar refractivity (Wildman–Crippen MR) is 110 cm³/mol. The van der Waals surface area contributed by atoms with Gasteiger partial charge in [0, 0.05) is 35.9 Å².